The number of aromatic hydroxyl groups is 1. The monoisotopic (exact) mass is 413 g/mol. The minimum atomic E-state index is -3.72. The van der Waals surface area contributed by atoms with E-state index in [1.54, 1.807) is 49.9 Å². The van der Waals surface area contributed by atoms with Gasteiger partial charge in [0.25, 0.3) is 0 Å². The van der Waals surface area contributed by atoms with E-state index >= 15 is 0 Å². The van der Waals surface area contributed by atoms with Crippen LogP contribution in [0.3, 0.4) is 0 Å². The first kappa shape index (κ1) is 18.6. The molecule has 4 aromatic rings. The van der Waals surface area contributed by atoms with Gasteiger partial charge in [0.15, 0.2) is 9.84 Å². The molecule has 2 aromatic heterocycles. The van der Waals surface area contributed by atoms with E-state index in [0.29, 0.717) is 16.6 Å². The molecular formula is C20H19N3O3S2. The molecule has 0 amide bonds. The van der Waals surface area contributed by atoms with Gasteiger partial charge in [0.05, 0.1) is 26.0 Å². The van der Waals surface area contributed by atoms with E-state index in [1.807, 2.05) is 18.2 Å². The summed E-state index contributed by atoms with van der Waals surface area (Å²) in [6.45, 7) is 4.83. The zero-order valence-electron chi connectivity index (χ0n) is 15.6. The fourth-order valence-corrected chi connectivity index (χ4v) is 4.83. The number of thiazole rings is 1. The second-order valence-corrected chi connectivity index (χ2v) is 11.0. The van der Waals surface area contributed by atoms with Gasteiger partial charge in [-0.3, -0.25) is 4.98 Å². The highest BCUT2D eigenvalue weighted by Crippen LogP contribution is 2.37. The molecule has 2 heterocycles. The molecule has 6 nitrogen and oxygen atoms in total. The maximum absolute atomic E-state index is 12.9. The molecular weight excluding hydrogens is 394 g/mol. The molecule has 8 heteroatoms. The number of fused-ring (bicyclic) bond motifs is 2. The molecule has 0 saturated heterocycles. The summed E-state index contributed by atoms with van der Waals surface area (Å²) in [7, 11) is -3.72. The van der Waals surface area contributed by atoms with Gasteiger partial charge in [-0.1, -0.05) is 0 Å². The largest absolute Gasteiger partial charge is 0.507 e. The number of nitrogens with zero attached hydrogens (tertiary/aromatic N) is 2. The summed E-state index contributed by atoms with van der Waals surface area (Å²) in [6.07, 6.45) is 1.61. The van der Waals surface area contributed by atoms with Gasteiger partial charge < -0.3 is 10.4 Å². The highest BCUT2D eigenvalue weighted by molar-refractivity contribution is 7.92. The van der Waals surface area contributed by atoms with Crippen LogP contribution in [-0.4, -0.2) is 28.2 Å². The van der Waals surface area contributed by atoms with Crippen LogP contribution in [0.1, 0.15) is 20.8 Å². The van der Waals surface area contributed by atoms with Crippen LogP contribution in [0, 0.1) is 0 Å². The van der Waals surface area contributed by atoms with Gasteiger partial charge >= 0.3 is 0 Å². The molecule has 144 valence electrons. The van der Waals surface area contributed by atoms with Crippen molar-refractivity contribution in [3.8, 4) is 5.75 Å². The van der Waals surface area contributed by atoms with Crippen LogP contribution in [0.5, 0.6) is 5.75 Å². The van der Waals surface area contributed by atoms with Crippen LogP contribution in [0.25, 0.3) is 21.1 Å². The van der Waals surface area contributed by atoms with Crippen LogP contribution >= 0.6 is 11.3 Å². The Hall–Kier alpha value is -2.71. The summed E-state index contributed by atoms with van der Waals surface area (Å²) in [5.74, 6) is -0.295. The third kappa shape index (κ3) is 3.08. The molecule has 0 unspecified atom stereocenters. The maximum Gasteiger partial charge on any atom is 0.186 e. The lowest BCUT2D eigenvalue weighted by Crippen LogP contribution is -2.28. The van der Waals surface area contributed by atoms with Crippen molar-refractivity contribution < 1.29 is 13.5 Å². The van der Waals surface area contributed by atoms with E-state index in [0.717, 1.165) is 15.9 Å². The predicted molar refractivity (Wildman–Crippen MR) is 113 cm³/mol. The number of hydrogen-bond acceptors (Lipinski definition) is 7. The molecule has 0 bridgehead atoms. The highest BCUT2D eigenvalue weighted by Gasteiger charge is 2.33. The molecule has 2 aromatic carbocycles. The first-order chi connectivity index (χ1) is 13.2. The molecule has 0 fully saturated rings. The number of nitrogens with one attached hydrogen (secondary N) is 1. The quantitative estimate of drug-likeness (QED) is 0.498. The number of hydrogen-bond donors (Lipinski definition) is 2. The number of phenolic OH excluding ortho intramolecular Hbond substituents is 1. The summed E-state index contributed by atoms with van der Waals surface area (Å²) in [5, 5.41) is 14.3. The average Bonchev–Trinajstić information content (AvgIpc) is 3.08. The molecule has 0 aliphatic heterocycles. The minimum Gasteiger partial charge on any atom is -0.507 e. The number of phenols is 1. The van der Waals surface area contributed by atoms with Crippen molar-refractivity contribution in [2.75, 3.05) is 5.32 Å². The van der Waals surface area contributed by atoms with E-state index in [9.17, 15) is 13.5 Å². The van der Waals surface area contributed by atoms with Crippen molar-refractivity contribution in [3.05, 3.63) is 48.1 Å². The van der Waals surface area contributed by atoms with Crippen LogP contribution in [-0.2, 0) is 9.84 Å². The minimum absolute atomic E-state index is 0.0986. The Morgan fingerprint density at radius 1 is 1.04 bits per heavy atom. The van der Waals surface area contributed by atoms with Gasteiger partial charge in [-0.25, -0.2) is 13.4 Å². The molecule has 0 aliphatic carbocycles. The SMILES string of the molecule is CC(C)(C)S(=O)(=O)c1cc2c(Nc3ccc4scnc4c3)ccnc2cc1O. The Morgan fingerprint density at radius 3 is 2.57 bits per heavy atom. The Balaban J connectivity index is 1.86. The summed E-state index contributed by atoms with van der Waals surface area (Å²) in [6, 6.07) is 10.5. The second kappa shape index (κ2) is 6.42. The molecule has 0 saturated carbocycles. The summed E-state index contributed by atoms with van der Waals surface area (Å²) in [4.78, 5) is 8.49. The molecule has 0 atom stereocenters. The van der Waals surface area contributed by atoms with E-state index in [4.69, 9.17) is 0 Å². The van der Waals surface area contributed by atoms with Gasteiger partial charge in [0.2, 0.25) is 0 Å². The smallest absolute Gasteiger partial charge is 0.186 e. The van der Waals surface area contributed by atoms with E-state index in [1.165, 1.54) is 12.1 Å². The van der Waals surface area contributed by atoms with Crippen LogP contribution in [0.2, 0.25) is 0 Å². The molecule has 2 N–H and O–H groups in total. The second-order valence-electron chi connectivity index (χ2n) is 7.47. The molecule has 0 radical (unpaired) electrons. The molecule has 0 aliphatic rings. The average molecular weight is 414 g/mol. The van der Waals surface area contributed by atoms with Gasteiger partial charge in [-0.15, -0.1) is 11.3 Å². The van der Waals surface area contributed by atoms with Crippen molar-refractivity contribution in [3.63, 3.8) is 0 Å². The van der Waals surface area contributed by atoms with Crippen LogP contribution < -0.4 is 5.32 Å². The highest BCUT2D eigenvalue weighted by atomic mass is 32.2. The molecule has 28 heavy (non-hydrogen) atoms. The number of aromatic nitrogens is 2. The first-order valence-electron chi connectivity index (χ1n) is 8.63. The number of pyridine rings is 1. The van der Waals surface area contributed by atoms with Gasteiger partial charge in [0, 0.05) is 29.0 Å². The van der Waals surface area contributed by atoms with Gasteiger partial charge in [0.1, 0.15) is 10.6 Å². The lowest BCUT2D eigenvalue weighted by atomic mass is 10.1. The van der Waals surface area contributed by atoms with Crippen molar-refractivity contribution in [1.82, 2.24) is 9.97 Å². The van der Waals surface area contributed by atoms with Crippen molar-refractivity contribution in [1.29, 1.82) is 0 Å². The fraction of sp³-hybridized carbons (Fsp3) is 0.200. The number of anilines is 2. The zero-order chi connectivity index (χ0) is 20.1. The molecule has 0 spiro atoms. The van der Waals surface area contributed by atoms with Crippen molar-refractivity contribution in [2.45, 2.75) is 30.4 Å². The molecule has 4 rings (SSSR count). The normalized spacial score (nSPS) is 12.5. The number of rotatable bonds is 3. The van der Waals surface area contributed by atoms with E-state index in [2.05, 4.69) is 15.3 Å². The van der Waals surface area contributed by atoms with E-state index in [-0.39, 0.29) is 10.6 Å². The predicted octanol–water partition coefficient (Wildman–Crippen LogP) is 4.87. The van der Waals surface area contributed by atoms with E-state index < -0.39 is 14.6 Å². The third-order valence-electron chi connectivity index (χ3n) is 4.53. The van der Waals surface area contributed by atoms with Crippen molar-refractivity contribution >= 4 is 53.7 Å². The Bertz CT molecular complexity index is 1310. The Labute approximate surface area is 166 Å². The third-order valence-corrected chi connectivity index (χ3v) is 7.86. The zero-order valence-corrected chi connectivity index (χ0v) is 17.2. The van der Waals surface area contributed by atoms with Crippen molar-refractivity contribution in [2.24, 2.45) is 0 Å². The number of benzene rings is 2. The summed E-state index contributed by atoms with van der Waals surface area (Å²) in [5.41, 5.74) is 4.72. The topological polar surface area (TPSA) is 92.2 Å². The summed E-state index contributed by atoms with van der Waals surface area (Å²) < 4.78 is 25.8. The number of sulfone groups is 1. The summed E-state index contributed by atoms with van der Waals surface area (Å²) >= 11 is 1.57. The van der Waals surface area contributed by atoms with Gasteiger partial charge in [-0.05, 0) is 51.1 Å². The maximum atomic E-state index is 12.9. The van der Waals surface area contributed by atoms with Crippen LogP contribution in [0.15, 0.2) is 53.0 Å². The van der Waals surface area contributed by atoms with Crippen LogP contribution in [0.4, 0.5) is 11.4 Å². The first-order valence-corrected chi connectivity index (χ1v) is 11.0. The standard InChI is InChI=1S/C20H19N3O3S2/c1-20(2,3)28(25,26)19-9-13-14(6-7-21-15(13)10-17(19)24)23-12-4-5-18-16(8-12)22-11-27-18/h4-11,24H,1-3H3,(H,21,23). The lowest BCUT2D eigenvalue weighted by molar-refractivity contribution is 0.457. The fourth-order valence-electron chi connectivity index (χ4n) is 2.91. The van der Waals surface area contributed by atoms with Gasteiger partial charge in [-0.2, -0.15) is 0 Å². The Morgan fingerprint density at radius 2 is 1.82 bits per heavy atom. The Kier molecular flexibility index (Phi) is 4.28. The lowest BCUT2D eigenvalue weighted by Gasteiger charge is -2.20.